The number of carbonyl (C=O) groups is 7. The van der Waals surface area contributed by atoms with Crippen molar-refractivity contribution in [2.24, 2.45) is 11.5 Å². The van der Waals surface area contributed by atoms with Crippen molar-refractivity contribution < 1.29 is 48.1 Å². The first-order chi connectivity index (χ1) is 26.1. The Balaban J connectivity index is 1.61. The molecule has 3 rings (SSSR count). The first-order valence-corrected chi connectivity index (χ1v) is 18.2. The number of nitrogens with one attached hydrogen (secondary N) is 5. The van der Waals surface area contributed by atoms with E-state index in [2.05, 4.69) is 31.3 Å². The number of hydrogen-bond acceptors (Lipinski definition) is 12. The summed E-state index contributed by atoms with van der Waals surface area (Å²) in [6.07, 6.45) is -2.41. The molecule has 0 radical (unpaired) electrons. The van der Waals surface area contributed by atoms with Crippen LogP contribution >= 0.6 is 11.6 Å². The molecule has 0 aromatic heterocycles. The van der Waals surface area contributed by atoms with Gasteiger partial charge in [-0.2, -0.15) is 0 Å². The van der Waals surface area contributed by atoms with Gasteiger partial charge in [-0.3, -0.25) is 28.8 Å². The summed E-state index contributed by atoms with van der Waals surface area (Å²) >= 11 is 5.97. The molecule has 300 valence electrons. The van der Waals surface area contributed by atoms with Crippen LogP contribution in [-0.2, 0) is 38.2 Å². The number of benzene rings is 2. The molecule has 1 fully saturated rings. The van der Waals surface area contributed by atoms with Crippen LogP contribution in [0.3, 0.4) is 0 Å². The van der Waals surface area contributed by atoms with Crippen LogP contribution in [0.1, 0.15) is 56.8 Å². The molecule has 8 atom stereocenters. The maximum Gasteiger partial charge on any atom is 0.338 e. The Morgan fingerprint density at radius 3 is 1.84 bits per heavy atom. The summed E-state index contributed by atoms with van der Waals surface area (Å²) in [4.78, 5) is 90.4. The fourth-order valence-electron chi connectivity index (χ4n) is 5.48. The fraction of sp³-hybridized carbons (Fsp3) is 0.486. The van der Waals surface area contributed by atoms with Crippen molar-refractivity contribution in [3.63, 3.8) is 0 Å². The molecule has 0 saturated carbocycles. The molecule has 10 N–H and O–H groups in total. The molecule has 1 aliphatic rings. The lowest BCUT2D eigenvalue weighted by molar-refractivity contribution is -0.142. The van der Waals surface area contributed by atoms with E-state index in [9.17, 15) is 38.7 Å². The number of ketones is 1. The number of Topliss-reactive ketones (excluding diaryl/α,β-unsaturated/α-hetero) is 1. The number of aliphatic hydroxyl groups is 1. The Kier molecular flexibility index (Phi) is 17.2. The van der Waals surface area contributed by atoms with Crippen LogP contribution in [0.15, 0.2) is 48.5 Å². The molecule has 1 aliphatic heterocycles. The number of aliphatic hydroxyl groups excluding tert-OH is 1. The van der Waals surface area contributed by atoms with Crippen molar-refractivity contribution in [3.8, 4) is 11.1 Å². The van der Waals surface area contributed by atoms with Crippen molar-refractivity contribution >= 4 is 52.9 Å². The Bertz CT molecular complexity index is 1680. The van der Waals surface area contributed by atoms with E-state index in [0.29, 0.717) is 24.4 Å². The zero-order valence-corrected chi connectivity index (χ0v) is 31.9. The van der Waals surface area contributed by atoms with Gasteiger partial charge in [0, 0.05) is 10.6 Å². The third kappa shape index (κ3) is 13.1. The van der Waals surface area contributed by atoms with E-state index in [1.165, 1.54) is 20.8 Å². The zero-order valence-electron chi connectivity index (χ0n) is 31.1. The third-order valence-electron chi connectivity index (χ3n) is 8.79. The van der Waals surface area contributed by atoms with Crippen LogP contribution < -0.4 is 38.1 Å². The summed E-state index contributed by atoms with van der Waals surface area (Å²) < 4.78 is 9.64. The van der Waals surface area contributed by atoms with Gasteiger partial charge in [-0.1, -0.05) is 35.9 Å². The van der Waals surface area contributed by atoms with E-state index in [4.69, 9.17) is 27.8 Å². The highest BCUT2D eigenvalue weighted by Gasteiger charge is 2.52. The number of hydrogen-bond donors (Lipinski definition) is 8. The SMILES string of the molecule is COC(=O)C1OC1C(=O)[C@H](C)NC(=O)[C@H](CCCCN)NC(=O)[C@H](C)NC(=O)[C@@H](NC(=O)[C@H](CCN)NC(=O)c1ccc(-c2ccc(Cl)cc2)cc1)[C@@H](C)O. The normalized spacial score (nSPS) is 17.9. The van der Waals surface area contributed by atoms with Crippen molar-refractivity contribution in [1.29, 1.82) is 0 Å². The van der Waals surface area contributed by atoms with Gasteiger partial charge >= 0.3 is 5.97 Å². The van der Waals surface area contributed by atoms with Gasteiger partial charge < -0.3 is 52.6 Å². The lowest BCUT2D eigenvalue weighted by Crippen LogP contribution is -2.60. The topological polar surface area (TPSA) is 274 Å². The molecule has 2 aromatic carbocycles. The predicted octanol–water partition coefficient (Wildman–Crippen LogP) is -0.547. The highest BCUT2D eigenvalue weighted by Crippen LogP contribution is 2.25. The van der Waals surface area contributed by atoms with Crippen LogP contribution in [0.25, 0.3) is 11.1 Å². The first kappa shape index (κ1) is 44.5. The highest BCUT2D eigenvalue weighted by atomic mass is 35.5. The Morgan fingerprint density at radius 2 is 1.27 bits per heavy atom. The molecule has 0 bridgehead atoms. The molecule has 2 unspecified atom stereocenters. The van der Waals surface area contributed by atoms with Crippen molar-refractivity contribution in [3.05, 3.63) is 59.1 Å². The van der Waals surface area contributed by atoms with Crippen LogP contribution in [-0.4, -0.2) is 115 Å². The van der Waals surface area contributed by atoms with Gasteiger partial charge in [0.1, 0.15) is 24.2 Å². The molecule has 2 aromatic rings. The molecular weight excluding hydrogens is 738 g/mol. The monoisotopic (exact) mass is 787 g/mol. The lowest BCUT2D eigenvalue weighted by Gasteiger charge is -2.26. The lowest BCUT2D eigenvalue weighted by atomic mass is 10.0. The highest BCUT2D eigenvalue weighted by molar-refractivity contribution is 6.30. The number of esters is 1. The number of ether oxygens (including phenoxy) is 2. The van der Waals surface area contributed by atoms with Gasteiger partial charge in [0.2, 0.25) is 23.6 Å². The van der Waals surface area contributed by atoms with Crippen molar-refractivity contribution in [2.45, 2.75) is 95.0 Å². The minimum Gasteiger partial charge on any atom is -0.467 e. The van der Waals surface area contributed by atoms with E-state index in [1.807, 2.05) is 12.1 Å². The Hall–Kier alpha value is -4.94. The number of rotatable bonds is 21. The molecule has 18 heteroatoms. The molecule has 17 nitrogen and oxygen atoms in total. The van der Waals surface area contributed by atoms with Crippen LogP contribution in [0.4, 0.5) is 0 Å². The first-order valence-electron chi connectivity index (χ1n) is 17.8. The summed E-state index contributed by atoms with van der Waals surface area (Å²) in [5.41, 5.74) is 13.3. The number of unbranched alkanes of at least 4 members (excludes halogenated alkanes) is 1. The van der Waals surface area contributed by atoms with Gasteiger partial charge in [0.25, 0.3) is 5.91 Å². The van der Waals surface area contributed by atoms with Crippen molar-refractivity contribution in [2.75, 3.05) is 20.2 Å². The van der Waals surface area contributed by atoms with Gasteiger partial charge in [0.05, 0.1) is 19.3 Å². The number of epoxide rings is 1. The standard InChI is InChI=1S/C37H50ClN7O10/c1-19(29(47)30-31(55-30)37(53)54-4)41-34(50)26(7-5-6-17-39)43-32(48)20(2)42-36(52)28(21(3)46)45-35(51)27(16-18-40)44-33(49)24-10-8-22(9-11-24)23-12-14-25(38)15-13-23/h8-15,19-21,26-28,30-31,46H,5-7,16-18,39-40H2,1-4H3,(H,41,50)(H,42,52)(H,43,48)(H,44,49)(H,45,51)/t19-,20-,21+,26-,27-,28-,30?,31?/m0/s1. The smallest absolute Gasteiger partial charge is 0.338 e. The van der Waals surface area contributed by atoms with Gasteiger partial charge in [-0.15, -0.1) is 0 Å². The fourth-order valence-corrected chi connectivity index (χ4v) is 5.60. The van der Waals surface area contributed by atoms with E-state index in [1.54, 1.807) is 36.4 Å². The molecule has 55 heavy (non-hydrogen) atoms. The maximum atomic E-state index is 13.3. The second kappa shape index (κ2) is 21.2. The van der Waals surface area contributed by atoms with E-state index < -0.39 is 89.8 Å². The number of methoxy groups -OCH3 is 1. The largest absolute Gasteiger partial charge is 0.467 e. The Morgan fingerprint density at radius 1 is 0.709 bits per heavy atom. The summed E-state index contributed by atoms with van der Waals surface area (Å²) in [7, 11) is 1.15. The molecular formula is C37H50ClN7O10. The molecule has 0 aliphatic carbocycles. The van der Waals surface area contributed by atoms with Gasteiger partial charge in [-0.25, -0.2) is 4.79 Å². The number of amides is 5. The predicted molar refractivity (Wildman–Crippen MR) is 201 cm³/mol. The quantitative estimate of drug-likeness (QED) is 0.0450. The Labute approximate surface area is 323 Å². The average Bonchev–Trinajstić information content (AvgIpc) is 3.97. The van der Waals surface area contributed by atoms with Crippen molar-refractivity contribution in [1.82, 2.24) is 26.6 Å². The number of halogens is 1. The second-order valence-electron chi connectivity index (χ2n) is 13.1. The van der Waals surface area contributed by atoms with Crippen LogP contribution in [0.5, 0.6) is 0 Å². The molecule has 1 saturated heterocycles. The third-order valence-corrected chi connectivity index (χ3v) is 9.04. The molecule has 0 spiro atoms. The minimum atomic E-state index is -1.55. The summed E-state index contributed by atoms with van der Waals surface area (Å²) in [5, 5.41) is 23.6. The number of carbonyl (C=O) groups excluding carboxylic acids is 7. The van der Waals surface area contributed by atoms with Gasteiger partial charge in [-0.05, 0) is 94.9 Å². The van der Waals surface area contributed by atoms with E-state index in [-0.39, 0.29) is 24.9 Å². The maximum absolute atomic E-state index is 13.3. The van der Waals surface area contributed by atoms with Crippen LogP contribution in [0, 0.1) is 0 Å². The van der Waals surface area contributed by atoms with E-state index in [0.717, 1.165) is 18.2 Å². The summed E-state index contributed by atoms with van der Waals surface area (Å²) in [6, 6.07) is 7.65. The number of nitrogens with two attached hydrogens (primary N) is 2. The second-order valence-corrected chi connectivity index (χ2v) is 13.6. The molecule has 5 amide bonds. The van der Waals surface area contributed by atoms with E-state index >= 15 is 0 Å². The average molecular weight is 788 g/mol. The molecule has 1 heterocycles. The summed E-state index contributed by atoms with van der Waals surface area (Å²) in [6.45, 7) is 4.34. The van der Waals surface area contributed by atoms with Crippen LogP contribution in [0.2, 0.25) is 5.02 Å². The summed E-state index contributed by atoms with van der Waals surface area (Å²) in [5.74, 6) is -5.04. The zero-order chi connectivity index (χ0) is 40.8. The van der Waals surface area contributed by atoms with Gasteiger partial charge in [0.15, 0.2) is 18.0 Å². The minimum absolute atomic E-state index is 0.00472.